The van der Waals surface area contributed by atoms with Crippen LogP contribution in [-0.2, 0) is 16.1 Å². The van der Waals surface area contributed by atoms with Crippen LogP contribution in [0.25, 0.3) is 10.8 Å². The highest BCUT2D eigenvalue weighted by atomic mass is 16.5. The molecule has 0 unspecified atom stereocenters. The molecule has 6 nitrogen and oxygen atoms in total. The second-order valence-corrected chi connectivity index (χ2v) is 10.0. The zero-order chi connectivity index (χ0) is 25.4. The molecule has 0 saturated heterocycles. The first-order chi connectivity index (χ1) is 17.3. The number of ether oxygens (including phenoxy) is 3. The van der Waals surface area contributed by atoms with Gasteiger partial charge >= 0.3 is 0 Å². The van der Waals surface area contributed by atoms with Crippen molar-refractivity contribution < 1.29 is 19.0 Å². The second-order valence-electron chi connectivity index (χ2n) is 10.0. The highest BCUT2D eigenvalue weighted by Crippen LogP contribution is 2.48. The number of fused-ring (bicyclic) bond motifs is 1. The minimum Gasteiger partial charge on any atom is -0.493 e. The lowest BCUT2D eigenvalue weighted by molar-refractivity contribution is -0.119. The van der Waals surface area contributed by atoms with E-state index >= 15 is 0 Å². The average molecular weight is 481 g/mol. The SMILES string of the molecule is COc1cc([C@H]2C(C#N)=C(N)OC3=C2C(=O)CC(C)(C)C3)ccc1OCc1cccc2ccccc12. The van der Waals surface area contributed by atoms with Crippen molar-refractivity contribution in [3.8, 4) is 17.6 Å². The van der Waals surface area contributed by atoms with Crippen molar-refractivity contribution in [2.45, 2.75) is 39.2 Å². The maximum absolute atomic E-state index is 13.2. The average Bonchev–Trinajstić information content (AvgIpc) is 2.85. The number of methoxy groups -OCH3 is 1. The number of ketones is 1. The Morgan fingerprint density at radius 3 is 2.64 bits per heavy atom. The molecule has 0 bridgehead atoms. The van der Waals surface area contributed by atoms with Crippen LogP contribution in [0.15, 0.2) is 83.5 Å². The molecule has 1 aliphatic carbocycles. The number of hydrogen-bond donors (Lipinski definition) is 1. The zero-order valence-corrected chi connectivity index (χ0v) is 20.6. The lowest BCUT2D eigenvalue weighted by atomic mass is 9.70. The molecule has 0 spiro atoms. The lowest BCUT2D eigenvalue weighted by Crippen LogP contribution is -2.33. The summed E-state index contributed by atoms with van der Waals surface area (Å²) < 4.78 is 17.6. The summed E-state index contributed by atoms with van der Waals surface area (Å²) in [6.45, 7) is 4.42. The van der Waals surface area contributed by atoms with Crippen LogP contribution in [0.4, 0.5) is 0 Å². The summed E-state index contributed by atoms with van der Waals surface area (Å²) in [7, 11) is 1.57. The Balaban J connectivity index is 1.49. The molecule has 3 aromatic carbocycles. The van der Waals surface area contributed by atoms with Crippen molar-refractivity contribution in [3.05, 3.63) is 94.6 Å². The lowest BCUT2D eigenvalue weighted by Gasteiger charge is -2.37. The van der Waals surface area contributed by atoms with Crippen LogP contribution in [-0.4, -0.2) is 12.9 Å². The predicted octanol–water partition coefficient (Wildman–Crippen LogP) is 5.88. The maximum Gasteiger partial charge on any atom is 0.205 e. The summed E-state index contributed by atoms with van der Waals surface area (Å²) in [5.41, 5.74) is 8.45. The van der Waals surface area contributed by atoms with Crippen LogP contribution in [0.1, 0.15) is 43.7 Å². The summed E-state index contributed by atoms with van der Waals surface area (Å²) >= 11 is 0. The number of hydrogen-bond acceptors (Lipinski definition) is 6. The van der Waals surface area contributed by atoms with Gasteiger partial charge in [-0.15, -0.1) is 0 Å². The first-order valence-corrected chi connectivity index (χ1v) is 11.9. The molecule has 2 N–H and O–H groups in total. The number of carbonyl (C=O) groups is 1. The van der Waals surface area contributed by atoms with E-state index in [1.807, 2.05) is 56.3 Å². The number of carbonyl (C=O) groups excluding carboxylic acids is 1. The van der Waals surface area contributed by atoms with Crippen molar-refractivity contribution in [2.24, 2.45) is 11.1 Å². The fraction of sp³-hybridized carbons (Fsp3) is 0.267. The van der Waals surface area contributed by atoms with Gasteiger partial charge in [-0.25, -0.2) is 0 Å². The third kappa shape index (κ3) is 4.18. The van der Waals surface area contributed by atoms with E-state index in [1.165, 1.54) is 0 Å². The number of rotatable bonds is 5. The number of Topliss-reactive ketones (excluding diaryl/α,β-unsaturated/α-hetero) is 1. The molecule has 0 fully saturated rings. The smallest absolute Gasteiger partial charge is 0.205 e. The Morgan fingerprint density at radius 2 is 1.86 bits per heavy atom. The van der Waals surface area contributed by atoms with Crippen LogP contribution < -0.4 is 15.2 Å². The Kier molecular flexibility index (Phi) is 5.93. The van der Waals surface area contributed by atoms with E-state index in [1.54, 1.807) is 7.11 Å². The van der Waals surface area contributed by atoms with Crippen LogP contribution in [0, 0.1) is 16.7 Å². The Hall–Kier alpha value is -4.24. The molecule has 6 heteroatoms. The van der Waals surface area contributed by atoms with Crippen molar-refractivity contribution in [3.63, 3.8) is 0 Å². The normalized spacial score (nSPS) is 18.9. The van der Waals surface area contributed by atoms with Crippen molar-refractivity contribution in [1.29, 1.82) is 5.26 Å². The zero-order valence-electron chi connectivity index (χ0n) is 20.6. The second kappa shape index (κ2) is 9.09. The van der Waals surface area contributed by atoms with Crippen LogP contribution in [0.2, 0.25) is 0 Å². The third-order valence-electron chi connectivity index (χ3n) is 6.86. The quantitative estimate of drug-likeness (QED) is 0.490. The van der Waals surface area contributed by atoms with Gasteiger partial charge < -0.3 is 19.9 Å². The number of allylic oxidation sites excluding steroid dienone is 3. The van der Waals surface area contributed by atoms with Gasteiger partial charge in [-0.3, -0.25) is 4.79 Å². The first-order valence-electron chi connectivity index (χ1n) is 11.9. The van der Waals surface area contributed by atoms with Crippen molar-refractivity contribution in [2.75, 3.05) is 7.11 Å². The fourth-order valence-corrected chi connectivity index (χ4v) is 5.17. The molecule has 1 heterocycles. The molecule has 0 radical (unpaired) electrons. The molecule has 0 amide bonds. The van der Waals surface area contributed by atoms with E-state index in [2.05, 4.69) is 24.3 Å². The van der Waals surface area contributed by atoms with Gasteiger partial charge in [-0.05, 0) is 39.4 Å². The molecular formula is C30H28N2O4. The molecule has 0 saturated carbocycles. The van der Waals surface area contributed by atoms with E-state index in [9.17, 15) is 10.1 Å². The minimum absolute atomic E-state index is 0.0262. The molecular weight excluding hydrogens is 452 g/mol. The van der Waals surface area contributed by atoms with Crippen molar-refractivity contribution in [1.82, 2.24) is 0 Å². The van der Waals surface area contributed by atoms with Gasteiger partial charge in [0.2, 0.25) is 5.88 Å². The monoisotopic (exact) mass is 480 g/mol. The number of nitrogens with zero attached hydrogens (tertiary/aromatic N) is 1. The van der Waals surface area contributed by atoms with E-state index < -0.39 is 5.92 Å². The third-order valence-corrected chi connectivity index (χ3v) is 6.86. The highest BCUT2D eigenvalue weighted by Gasteiger charge is 2.43. The Labute approximate surface area is 210 Å². The number of benzene rings is 3. The maximum atomic E-state index is 13.2. The summed E-state index contributed by atoms with van der Waals surface area (Å²) in [5.74, 6) is 1.04. The topological polar surface area (TPSA) is 94.6 Å². The molecule has 182 valence electrons. The number of nitrogens with two attached hydrogens (primary N) is 1. The van der Waals surface area contributed by atoms with Crippen LogP contribution in [0.3, 0.4) is 0 Å². The molecule has 1 atom stereocenters. The summed E-state index contributed by atoms with van der Waals surface area (Å²) in [6.07, 6.45) is 0.959. The molecule has 0 aromatic heterocycles. The summed E-state index contributed by atoms with van der Waals surface area (Å²) in [4.78, 5) is 13.2. The molecule has 36 heavy (non-hydrogen) atoms. The van der Waals surface area contributed by atoms with E-state index in [0.29, 0.717) is 42.3 Å². The Bertz CT molecular complexity index is 1470. The van der Waals surface area contributed by atoms with Gasteiger partial charge in [0.05, 0.1) is 13.0 Å². The van der Waals surface area contributed by atoms with E-state index in [4.69, 9.17) is 19.9 Å². The number of nitriles is 1. The first kappa shape index (κ1) is 23.5. The fourth-order valence-electron chi connectivity index (χ4n) is 5.17. The van der Waals surface area contributed by atoms with Gasteiger partial charge in [0.15, 0.2) is 17.3 Å². The molecule has 5 rings (SSSR count). The van der Waals surface area contributed by atoms with Gasteiger partial charge in [-0.1, -0.05) is 62.4 Å². The summed E-state index contributed by atoms with van der Waals surface area (Å²) in [5, 5.41) is 12.2. The molecule has 3 aromatic rings. The van der Waals surface area contributed by atoms with Crippen LogP contribution >= 0.6 is 0 Å². The van der Waals surface area contributed by atoms with Crippen LogP contribution in [0.5, 0.6) is 11.5 Å². The van der Waals surface area contributed by atoms with E-state index in [-0.39, 0.29) is 22.7 Å². The minimum atomic E-state index is -0.608. The van der Waals surface area contributed by atoms with Gasteiger partial charge in [0.25, 0.3) is 0 Å². The van der Waals surface area contributed by atoms with Gasteiger partial charge in [0.1, 0.15) is 24.0 Å². The summed E-state index contributed by atoms with van der Waals surface area (Å²) in [6, 6.07) is 22.0. The molecule has 2 aliphatic rings. The van der Waals surface area contributed by atoms with Gasteiger partial charge in [0, 0.05) is 18.4 Å². The highest BCUT2D eigenvalue weighted by molar-refractivity contribution is 6.00. The standard InChI is InChI=1S/C30H28N2O4/c1-30(2)14-23(33)28-26(15-30)36-29(32)22(16-31)27(28)19-11-12-24(25(13-19)34-3)35-17-20-9-6-8-18-7-4-5-10-21(18)20/h4-13,27H,14-15,17,32H2,1-3H3/t27-/m0/s1. The van der Waals surface area contributed by atoms with Crippen molar-refractivity contribution >= 4 is 16.6 Å². The largest absolute Gasteiger partial charge is 0.493 e. The Morgan fingerprint density at radius 1 is 1.08 bits per heavy atom. The predicted molar refractivity (Wildman–Crippen MR) is 137 cm³/mol. The van der Waals surface area contributed by atoms with E-state index in [0.717, 1.165) is 21.9 Å². The molecule has 1 aliphatic heterocycles. The van der Waals surface area contributed by atoms with Gasteiger partial charge in [-0.2, -0.15) is 5.26 Å².